The average Bonchev–Trinajstić information content (AvgIpc) is 1.39. The highest BCUT2D eigenvalue weighted by Gasteiger charge is 2.30. The summed E-state index contributed by atoms with van der Waals surface area (Å²) >= 11 is 0. The topological polar surface area (TPSA) is 50.9 Å². The Kier molecular flexibility index (Phi) is 6.91. The van der Waals surface area contributed by atoms with Crippen molar-refractivity contribution in [3.63, 3.8) is 0 Å². The Bertz CT molecular complexity index is 3780. The highest BCUT2D eigenvalue weighted by Crippen LogP contribution is 2.46. The van der Waals surface area contributed by atoms with E-state index in [9.17, 15) is 5.11 Å². The van der Waals surface area contributed by atoms with Crippen molar-refractivity contribution in [2.75, 3.05) is 0 Å². The SMILES string of the molecule is [2H]C([2H])([2H])C(c1cc(-c2nc3c(-c4cc(-c5ccccc5)cc(-c5cc(-c6ccccc6)ccn5)c4)cccc3n2-c2ccc(C(C)(C)CC)cc2-c2ccccc2)c(O)c(C(C([2H])([2H])[2H])(C([2H])([2H])[2H])C([2H])([2H])[2H])c1)(C([2H])([2H])[2H])C([2H])([2H])[2H]. The molecule has 0 aliphatic heterocycles. The van der Waals surface area contributed by atoms with E-state index >= 15 is 0 Å². The van der Waals surface area contributed by atoms with Gasteiger partial charge in [-0.2, -0.15) is 0 Å². The number of imidazole rings is 1. The van der Waals surface area contributed by atoms with Crippen molar-refractivity contribution in [1.82, 2.24) is 14.5 Å². The van der Waals surface area contributed by atoms with Gasteiger partial charge in [-0.3, -0.25) is 9.55 Å². The minimum absolute atomic E-state index is 0.176. The fraction of sp³-hybridized carbons (Fsp3) is 0.213. The molecule has 0 atom stereocenters. The van der Waals surface area contributed by atoms with Crippen LogP contribution in [0.1, 0.15) is 110 Å². The van der Waals surface area contributed by atoms with Gasteiger partial charge in [0.2, 0.25) is 0 Å². The Morgan fingerprint density at radius 2 is 1.14 bits per heavy atom. The minimum atomic E-state index is -4.14. The van der Waals surface area contributed by atoms with Crippen molar-refractivity contribution in [2.45, 2.75) is 84.5 Å². The number of para-hydroxylation sites is 1. The molecule has 7 aromatic carbocycles. The molecule has 1 N–H and O–H groups in total. The number of benzene rings is 7. The summed E-state index contributed by atoms with van der Waals surface area (Å²) in [6, 6.07) is 50.1. The molecule has 0 aliphatic carbocycles. The van der Waals surface area contributed by atoms with Crippen molar-refractivity contribution in [2.24, 2.45) is 0 Å². The number of hydrogen-bond acceptors (Lipinski definition) is 3. The fourth-order valence-electron chi connectivity index (χ4n) is 8.40. The van der Waals surface area contributed by atoms with Crippen molar-refractivity contribution in [1.29, 1.82) is 0 Å². The van der Waals surface area contributed by atoms with Gasteiger partial charge in [0.25, 0.3) is 0 Å². The van der Waals surface area contributed by atoms with Gasteiger partial charge in [0.15, 0.2) is 0 Å². The maximum absolute atomic E-state index is 13.1. The van der Waals surface area contributed by atoms with Crippen molar-refractivity contribution in [3.05, 3.63) is 193 Å². The Labute approximate surface area is 410 Å². The summed E-state index contributed by atoms with van der Waals surface area (Å²) in [6.45, 7) is -18.4. The quantitative estimate of drug-likeness (QED) is 0.157. The predicted octanol–water partition coefficient (Wildman–Crippen LogP) is 16.4. The monoisotopic (exact) mass is 868 g/mol. The molecule has 2 aromatic heterocycles. The molecule has 0 saturated carbocycles. The molecule has 0 aliphatic rings. The third-order valence-electron chi connectivity index (χ3n) is 12.4. The number of nitrogens with zero attached hydrogens (tertiary/aromatic N) is 3. The number of phenolic OH excluding ortho intramolecular Hbond substituents is 1. The Hall–Kier alpha value is -7.04. The molecule has 65 heavy (non-hydrogen) atoms. The second-order valence-corrected chi connectivity index (χ2v) is 17.2. The average molecular weight is 868 g/mol. The first-order valence-electron chi connectivity index (χ1n) is 30.4. The molecule has 0 amide bonds. The van der Waals surface area contributed by atoms with Gasteiger partial charge in [0.05, 0.1) is 28.0 Å². The highest BCUT2D eigenvalue weighted by molar-refractivity contribution is 5.98. The summed E-state index contributed by atoms with van der Waals surface area (Å²) in [5.41, 5.74) is -3.31. The smallest absolute Gasteiger partial charge is 0.149 e. The molecular formula is C61H59N3O. The van der Waals surface area contributed by atoms with Crippen LogP contribution in [0.2, 0.25) is 0 Å². The molecule has 0 bridgehead atoms. The maximum atomic E-state index is 13.1. The lowest BCUT2D eigenvalue weighted by Gasteiger charge is -2.28. The van der Waals surface area contributed by atoms with E-state index in [0.29, 0.717) is 51.7 Å². The first kappa shape index (κ1) is 26.7. The molecule has 324 valence electrons. The van der Waals surface area contributed by atoms with Crippen LogP contribution in [-0.4, -0.2) is 19.6 Å². The van der Waals surface area contributed by atoms with E-state index in [4.69, 9.17) is 34.6 Å². The summed E-state index contributed by atoms with van der Waals surface area (Å²) in [6.07, 6.45) is 2.42. The van der Waals surface area contributed by atoms with E-state index in [-0.39, 0.29) is 11.0 Å². The van der Waals surface area contributed by atoms with Crippen LogP contribution in [0, 0.1) is 0 Å². The van der Waals surface area contributed by atoms with Crippen LogP contribution in [0.15, 0.2) is 176 Å². The molecule has 2 heterocycles. The third-order valence-corrected chi connectivity index (χ3v) is 12.4. The van der Waals surface area contributed by atoms with Gasteiger partial charge >= 0.3 is 0 Å². The van der Waals surface area contributed by atoms with Crippen LogP contribution in [-0.2, 0) is 16.2 Å². The number of hydrogen-bond donors (Lipinski definition) is 1. The predicted molar refractivity (Wildman–Crippen MR) is 274 cm³/mol. The largest absolute Gasteiger partial charge is 0.507 e. The van der Waals surface area contributed by atoms with Gasteiger partial charge in [-0.1, -0.05) is 177 Å². The van der Waals surface area contributed by atoms with Crippen LogP contribution in [0.4, 0.5) is 0 Å². The van der Waals surface area contributed by atoms with Gasteiger partial charge in [0, 0.05) is 53.1 Å². The zero-order valence-electron chi connectivity index (χ0n) is 54.2. The van der Waals surface area contributed by atoms with Gasteiger partial charge < -0.3 is 5.11 Å². The first-order chi connectivity index (χ1) is 38.6. The molecule has 0 spiro atoms. The summed E-state index contributed by atoms with van der Waals surface area (Å²) in [5.74, 6) is -1.76. The molecule has 0 fully saturated rings. The van der Waals surface area contributed by atoms with E-state index in [2.05, 4.69) is 13.8 Å². The van der Waals surface area contributed by atoms with E-state index in [1.165, 1.54) is 0 Å². The van der Waals surface area contributed by atoms with Crippen LogP contribution in [0.5, 0.6) is 5.75 Å². The molecule has 0 radical (unpaired) electrons. The molecular weight excluding hydrogens is 791 g/mol. The fourth-order valence-corrected chi connectivity index (χ4v) is 8.40. The lowest BCUT2D eigenvalue weighted by Crippen LogP contribution is -2.17. The Morgan fingerprint density at radius 3 is 1.80 bits per heavy atom. The second kappa shape index (κ2) is 16.8. The maximum Gasteiger partial charge on any atom is 0.149 e. The minimum Gasteiger partial charge on any atom is -0.507 e. The van der Waals surface area contributed by atoms with E-state index in [1.54, 1.807) is 35.0 Å². The molecule has 9 aromatic rings. The standard InChI is InChI=1S/C61H59N3O/c1-10-61(8,9)47-29-30-54(50(37-47)42-25-18-13-19-26-42)64-55-28-20-27-49(56(55)63-58(64)51-38-48(59(2,3)4)39-52(57(51)65)60(5,6)7)45-33-44(41-23-16-12-17-24-41)34-46(35-45)53-36-43(31-32-62-53)40-21-14-11-15-22-40/h11-39,65H,10H2,1-9H3/i2D3,3D3,4D3,5D3,6D3,7D3. The normalized spacial score (nSPS) is 17.5. The summed E-state index contributed by atoms with van der Waals surface area (Å²) < 4.78 is 160. The summed E-state index contributed by atoms with van der Waals surface area (Å²) in [4.78, 5) is 10.1. The molecule has 0 saturated heterocycles. The van der Waals surface area contributed by atoms with Gasteiger partial charge in [-0.25, -0.2) is 4.98 Å². The van der Waals surface area contributed by atoms with Gasteiger partial charge in [0.1, 0.15) is 11.6 Å². The van der Waals surface area contributed by atoms with E-state index < -0.39 is 85.6 Å². The van der Waals surface area contributed by atoms with Crippen molar-refractivity contribution < 1.29 is 29.8 Å². The van der Waals surface area contributed by atoms with Crippen molar-refractivity contribution in [3.8, 4) is 78.6 Å². The molecule has 4 heteroatoms. The van der Waals surface area contributed by atoms with Crippen LogP contribution in [0.3, 0.4) is 0 Å². The Balaban J connectivity index is 1.51. The summed E-state index contributed by atoms with van der Waals surface area (Å²) in [7, 11) is 0. The van der Waals surface area contributed by atoms with Gasteiger partial charge in [-0.15, -0.1) is 0 Å². The lowest BCUT2D eigenvalue weighted by molar-refractivity contribution is 0.446. The second-order valence-electron chi connectivity index (χ2n) is 17.2. The number of aromatic hydroxyl groups is 1. The highest BCUT2D eigenvalue weighted by atomic mass is 16.3. The van der Waals surface area contributed by atoms with Gasteiger partial charge in [-0.05, 0) is 122 Å². The van der Waals surface area contributed by atoms with E-state index in [0.717, 1.165) is 33.9 Å². The van der Waals surface area contributed by atoms with Crippen LogP contribution in [0.25, 0.3) is 83.9 Å². The Morgan fingerprint density at radius 1 is 0.523 bits per heavy atom. The third kappa shape index (κ3) is 8.42. The zero-order chi connectivity index (χ0) is 60.7. The van der Waals surface area contributed by atoms with E-state index in [1.807, 2.05) is 140 Å². The van der Waals surface area contributed by atoms with Crippen molar-refractivity contribution >= 4 is 11.0 Å². The number of phenols is 1. The molecule has 4 nitrogen and oxygen atoms in total. The summed E-state index contributed by atoms with van der Waals surface area (Å²) in [5, 5.41) is 13.1. The molecule has 9 rings (SSSR count). The first-order valence-corrected chi connectivity index (χ1v) is 21.4. The number of aromatic nitrogens is 3. The molecule has 0 unspecified atom stereocenters. The van der Waals surface area contributed by atoms with Crippen LogP contribution >= 0.6 is 0 Å². The zero-order valence-corrected chi connectivity index (χ0v) is 36.2. The lowest BCUT2D eigenvalue weighted by atomic mass is 9.78. The number of pyridine rings is 1. The number of fused-ring (bicyclic) bond motifs is 1. The van der Waals surface area contributed by atoms with Crippen LogP contribution < -0.4 is 0 Å². The number of rotatable bonds is 9.